The number of carbonyl (C=O) groups is 2. The van der Waals surface area contributed by atoms with Gasteiger partial charge in [-0.25, -0.2) is 0 Å². The fourth-order valence-corrected chi connectivity index (χ4v) is 2.21. The van der Waals surface area contributed by atoms with Gasteiger partial charge in [0.25, 0.3) is 5.91 Å². The molecule has 0 fully saturated rings. The van der Waals surface area contributed by atoms with Gasteiger partial charge >= 0.3 is 0 Å². The van der Waals surface area contributed by atoms with Crippen molar-refractivity contribution >= 4 is 23.2 Å². The molecule has 7 nitrogen and oxygen atoms in total. The average Bonchev–Trinajstić information content (AvgIpc) is 3.03. The molecule has 0 aliphatic carbocycles. The first-order valence-electron chi connectivity index (χ1n) is 6.52. The summed E-state index contributed by atoms with van der Waals surface area (Å²) in [5.74, 6) is -0.585. The lowest BCUT2D eigenvalue weighted by Crippen LogP contribution is -2.57. The second-order valence-corrected chi connectivity index (χ2v) is 5.59. The minimum atomic E-state index is -1.41. The Hall–Kier alpha value is -1.48. The first-order valence-corrected chi connectivity index (χ1v) is 7.40. The fourth-order valence-electron chi connectivity index (χ4n) is 1.57. The van der Waals surface area contributed by atoms with Crippen molar-refractivity contribution in [3.63, 3.8) is 0 Å². The number of hydrogen-bond donors (Lipinski definition) is 5. The van der Waals surface area contributed by atoms with E-state index in [2.05, 4.69) is 10.6 Å². The van der Waals surface area contributed by atoms with Crippen LogP contribution in [0.5, 0.6) is 0 Å². The van der Waals surface area contributed by atoms with Crippen molar-refractivity contribution in [2.24, 2.45) is 0 Å². The number of aliphatic hydroxyl groups excluding tert-OH is 3. The predicted octanol–water partition coefficient (Wildman–Crippen LogP) is -0.910. The van der Waals surface area contributed by atoms with Crippen molar-refractivity contribution in [3.05, 3.63) is 22.4 Å². The van der Waals surface area contributed by atoms with Gasteiger partial charge in [-0.1, -0.05) is 6.07 Å². The van der Waals surface area contributed by atoms with Crippen LogP contribution >= 0.6 is 11.3 Å². The normalized spacial score (nSPS) is 11.2. The van der Waals surface area contributed by atoms with Crippen molar-refractivity contribution in [1.29, 1.82) is 0 Å². The van der Waals surface area contributed by atoms with E-state index in [-0.39, 0.29) is 12.3 Å². The van der Waals surface area contributed by atoms with Crippen molar-refractivity contribution < 1.29 is 24.9 Å². The molecule has 0 unspecified atom stereocenters. The first kappa shape index (κ1) is 17.6. The Morgan fingerprint density at radius 3 is 2.38 bits per heavy atom. The summed E-state index contributed by atoms with van der Waals surface area (Å²) in [5.41, 5.74) is -1.41. The van der Waals surface area contributed by atoms with E-state index < -0.39 is 31.3 Å². The van der Waals surface area contributed by atoms with Crippen LogP contribution in [0.25, 0.3) is 0 Å². The number of amides is 2. The second kappa shape index (κ2) is 8.73. The number of nitrogens with one attached hydrogen (secondary N) is 2. The molecule has 0 saturated heterocycles. The van der Waals surface area contributed by atoms with E-state index in [4.69, 9.17) is 15.3 Å². The van der Waals surface area contributed by atoms with Gasteiger partial charge in [0.15, 0.2) is 0 Å². The maximum atomic E-state index is 11.7. The quantitative estimate of drug-likeness (QED) is 0.378. The lowest BCUT2D eigenvalue weighted by molar-refractivity contribution is -0.125. The zero-order valence-electron chi connectivity index (χ0n) is 11.5. The fraction of sp³-hybridized carbons (Fsp3) is 0.538. The molecule has 0 aliphatic rings. The lowest BCUT2D eigenvalue weighted by Gasteiger charge is -2.28. The Bertz CT molecular complexity index is 437. The standard InChI is InChI=1S/C13H20N2O5S/c16-7-13(8-17,9-18)15-11(19)4-1-5-14-12(20)10-3-2-6-21-10/h2-3,6,16-18H,1,4-5,7-9H2,(H,14,20)(H,15,19). The van der Waals surface area contributed by atoms with E-state index in [0.29, 0.717) is 17.8 Å². The Balaban J connectivity index is 2.26. The van der Waals surface area contributed by atoms with Gasteiger partial charge in [0.1, 0.15) is 5.54 Å². The molecule has 1 heterocycles. The molecule has 1 aromatic heterocycles. The second-order valence-electron chi connectivity index (χ2n) is 4.64. The Morgan fingerprint density at radius 2 is 1.86 bits per heavy atom. The number of thiophene rings is 1. The number of hydrogen-bond acceptors (Lipinski definition) is 6. The minimum absolute atomic E-state index is 0.118. The molecule has 1 rings (SSSR count). The highest BCUT2D eigenvalue weighted by Crippen LogP contribution is 2.07. The maximum absolute atomic E-state index is 11.7. The van der Waals surface area contributed by atoms with E-state index in [1.54, 1.807) is 17.5 Å². The van der Waals surface area contributed by atoms with Gasteiger partial charge < -0.3 is 26.0 Å². The van der Waals surface area contributed by atoms with Crippen LogP contribution in [0.3, 0.4) is 0 Å². The average molecular weight is 316 g/mol. The summed E-state index contributed by atoms with van der Waals surface area (Å²) in [5, 5.41) is 34.1. The van der Waals surface area contributed by atoms with Gasteiger partial charge in [-0.2, -0.15) is 0 Å². The maximum Gasteiger partial charge on any atom is 0.261 e. The van der Waals surface area contributed by atoms with Crippen LogP contribution in [-0.2, 0) is 4.79 Å². The van der Waals surface area contributed by atoms with E-state index >= 15 is 0 Å². The molecular formula is C13H20N2O5S. The molecule has 8 heteroatoms. The van der Waals surface area contributed by atoms with Crippen LogP contribution in [0.15, 0.2) is 17.5 Å². The molecule has 118 valence electrons. The molecule has 0 bridgehead atoms. The van der Waals surface area contributed by atoms with Crippen LogP contribution in [0, 0.1) is 0 Å². The van der Waals surface area contributed by atoms with Crippen molar-refractivity contribution in [2.45, 2.75) is 18.4 Å². The molecule has 2 amide bonds. The SMILES string of the molecule is O=C(CCCNC(=O)c1cccs1)NC(CO)(CO)CO. The van der Waals surface area contributed by atoms with Gasteiger partial charge in [-0.05, 0) is 17.9 Å². The van der Waals surface area contributed by atoms with E-state index in [0.717, 1.165) is 0 Å². The van der Waals surface area contributed by atoms with E-state index in [1.807, 2.05) is 0 Å². The van der Waals surface area contributed by atoms with Crippen LogP contribution in [0.2, 0.25) is 0 Å². The molecule has 0 aliphatic heterocycles. The molecule has 0 radical (unpaired) electrons. The molecule has 0 aromatic carbocycles. The highest BCUT2D eigenvalue weighted by Gasteiger charge is 2.29. The third kappa shape index (κ3) is 5.43. The van der Waals surface area contributed by atoms with Gasteiger partial charge in [-0.15, -0.1) is 11.3 Å². The van der Waals surface area contributed by atoms with Crippen molar-refractivity contribution in [3.8, 4) is 0 Å². The van der Waals surface area contributed by atoms with Crippen LogP contribution in [0.4, 0.5) is 0 Å². The van der Waals surface area contributed by atoms with E-state index in [9.17, 15) is 9.59 Å². The summed E-state index contributed by atoms with van der Waals surface area (Å²) in [4.78, 5) is 23.9. The summed E-state index contributed by atoms with van der Waals surface area (Å²) in [7, 11) is 0. The minimum Gasteiger partial charge on any atom is -0.394 e. The lowest BCUT2D eigenvalue weighted by atomic mass is 10.0. The van der Waals surface area contributed by atoms with Crippen LogP contribution < -0.4 is 10.6 Å². The molecular weight excluding hydrogens is 296 g/mol. The smallest absolute Gasteiger partial charge is 0.261 e. The summed E-state index contributed by atoms with van der Waals surface area (Å²) >= 11 is 1.34. The summed E-state index contributed by atoms with van der Waals surface area (Å²) < 4.78 is 0. The third-order valence-corrected chi connectivity index (χ3v) is 3.79. The van der Waals surface area contributed by atoms with Crippen LogP contribution in [0.1, 0.15) is 22.5 Å². The molecule has 1 aromatic rings. The predicted molar refractivity (Wildman–Crippen MR) is 78.0 cm³/mol. The third-order valence-electron chi connectivity index (χ3n) is 2.92. The number of carbonyl (C=O) groups excluding carboxylic acids is 2. The van der Waals surface area contributed by atoms with Gasteiger partial charge in [0.05, 0.1) is 24.7 Å². The Labute approximate surface area is 126 Å². The van der Waals surface area contributed by atoms with Crippen LogP contribution in [-0.4, -0.2) is 59.0 Å². The summed E-state index contributed by atoms with van der Waals surface area (Å²) in [6, 6.07) is 3.50. The number of aliphatic hydroxyl groups is 3. The van der Waals surface area contributed by atoms with Crippen molar-refractivity contribution in [1.82, 2.24) is 10.6 Å². The molecule has 0 saturated carbocycles. The zero-order chi connectivity index (χ0) is 15.7. The molecule has 0 atom stereocenters. The Morgan fingerprint density at radius 1 is 1.19 bits per heavy atom. The van der Waals surface area contributed by atoms with Gasteiger partial charge in [0, 0.05) is 13.0 Å². The monoisotopic (exact) mass is 316 g/mol. The Kier molecular flexibility index (Phi) is 7.30. The highest BCUT2D eigenvalue weighted by atomic mass is 32.1. The first-order chi connectivity index (χ1) is 10.1. The molecule has 21 heavy (non-hydrogen) atoms. The summed E-state index contributed by atoms with van der Waals surface area (Å²) in [6.07, 6.45) is 0.536. The largest absolute Gasteiger partial charge is 0.394 e. The highest BCUT2D eigenvalue weighted by molar-refractivity contribution is 7.12. The zero-order valence-corrected chi connectivity index (χ0v) is 12.4. The van der Waals surface area contributed by atoms with Gasteiger partial charge in [0.2, 0.25) is 5.91 Å². The van der Waals surface area contributed by atoms with Gasteiger partial charge in [-0.3, -0.25) is 9.59 Å². The van der Waals surface area contributed by atoms with Crippen molar-refractivity contribution in [2.75, 3.05) is 26.4 Å². The number of rotatable bonds is 9. The molecule has 5 N–H and O–H groups in total. The molecule has 0 spiro atoms. The van der Waals surface area contributed by atoms with E-state index in [1.165, 1.54) is 11.3 Å². The topological polar surface area (TPSA) is 119 Å². The summed E-state index contributed by atoms with van der Waals surface area (Å²) in [6.45, 7) is -1.32.